The van der Waals surface area contributed by atoms with Gasteiger partial charge < -0.3 is 28.6 Å². The topological polar surface area (TPSA) is 83.5 Å². The second-order valence-electron chi connectivity index (χ2n) is 11.2. The number of cyclic esters (lactones) is 2. The molecular weight excluding hydrogens is 438 g/mol. The van der Waals surface area contributed by atoms with Gasteiger partial charge in [-0.25, -0.2) is 0 Å². The zero-order chi connectivity index (χ0) is 23.9. The molecule has 0 aromatic heterocycles. The number of hydrogen-bond donors (Lipinski definition) is 0. The van der Waals surface area contributed by atoms with Gasteiger partial charge in [0.25, 0.3) is 5.79 Å². The number of likely N-dealkylation sites (N-methyl/N-ethyl adjacent to an activating group) is 1. The molecule has 3 fully saturated rings. The number of carbonyl (C=O) groups excluding carboxylic acids is 2. The van der Waals surface area contributed by atoms with E-state index < -0.39 is 45.7 Å². The maximum absolute atomic E-state index is 13.9. The molecule has 3 aliphatic heterocycles. The van der Waals surface area contributed by atoms with Gasteiger partial charge in [-0.2, -0.15) is 0 Å². The minimum atomic E-state index is -1.66. The number of rotatable bonds is 2. The summed E-state index contributed by atoms with van der Waals surface area (Å²) < 4.78 is 30.3. The van der Waals surface area contributed by atoms with Gasteiger partial charge in [-0.3, -0.25) is 9.59 Å². The van der Waals surface area contributed by atoms with Gasteiger partial charge in [-0.1, -0.05) is 18.2 Å². The zero-order valence-corrected chi connectivity index (χ0v) is 20.1. The Morgan fingerprint density at radius 3 is 2.50 bits per heavy atom. The first kappa shape index (κ1) is 20.8. The summed E-state index contributed by atoms with van der Waals surface area (Å²) in [5.74, 6) is -1.18. The molecule has 1 saturated carbocycles. The van der Waals surface area contributed by atoms with E-state index in [0.717, 1.165) is 24.9 Å². The monoisotopic (exact) mass is 467 g/mol. The molecule has 34 heavy (non-hydrogen) atoms. The van der Waals surface area contributed by atoms with Gasteiger partial charge in [0.2, 0.25) is 5.41 Å². The Bertz CT molecular complexity index is 1190. The number of carbonyl (C=O) groups is 2. The molecule has 5 atom stereocenters. The van der Waals surface area contributed by atoms with Crippen molar-refractivity contribution in [2.75, 3.05) is 27.8 Å². The number of esters is 2. The van der Waals surface area contributed by atoms with Crippen LogP contribution in [0.3, 0.4) is 0 Å². The van der Waals surface area contributed by atoms with E-state index >= 15 is 0 Å². The first-order valence-corrected chi connectivity index (χ1v) is 11.9. The van der Waals surface area contributed by atoms with Crippen molar-refractivity contribution in [2.24, 2.45) is 10.8 Å². The standard InChI is InChI=1S/C26H29NO7/c1-22(2)33-20(28)25(21(29)34-22)13-23-8-9-26(25,31-5)19-24(23)10-11-27(3)16(23)12-14-6-7-15(30-4)18(32-19)17(14)24/h6-9,16,19H,10-13H2,1-5H3/t16-,19-,23-,24+,26+/m1/s1. The largest absolute Gasteiger partial charge is 0.493 e. The van der Waals surface area contributed by atoms with Crippen LogP contribution in [0.5, 0.6) is 11.5 Å². The van der Waals surface area contributed by atoms with Crippen LogP contribution in [-0.2, 0) is 35.6 Å². The highest BCUT2D eigenvalue weighted by molar-refractivity contribution is 6.05. The third kappa shape index (κ3) is 1.82. The molecular formula is C26H29NO7. The average Bonchev–Trinajstić information content (AvgIpc) is 3.16. The first-order valence-electron chi connectivity index (χ1n) is 11.9. The number of piperidine rings is 1. The van der Waals surface area contributed by atoms with Crippen molar-refractivity contribution in [2.45, 2.75) is 62.1 Å². The number of methoxy groups -OCH3 is 2. The Balaban J connectivity index is 1.56. The van der Waals surface area contributed by atoms with Crippen molar-refractivity contribution in [1.82, 2.24) is 4.90 Å². The van der Waals surface area contributed by atoms with Gasteiger partial charge in [0.05, 0.1) is 12.5 Å². The van der Waals surface area contributed by atoms with Crippen LogP contribution >= 0.6 is 0 Å². The van der Waals surface area contributed by atoms with E-state index in [2.05, 4.69) is 24.1 Å². The molecule has 0 unspecified atom stereocenters. The molecule has 1 aromatic rings. The van der Waals surface area contributed by atoms with Crippen LogP contribution in [-0.4, -0.2) is 68.2 Å². The maximum atomic E-state index is 13.9. The molecule has 4 aliphatic carbocycles. The molecule has 3 heterocycles. The molecule has 1 aromatic carbocycles. The lowest BCUT2D eigenvalue weighted by Crippen LogP contribution is -2.84. The Morgan fingerprint density at radius 2 is 1.82 bits per heavy atom. The van der Waals surface area contributed by atoms with Crippen molar-refractivity contribution in [3.05, 3.63) is 35.4 Å². The highest BCUT2D eigenvalue weighted by Gasteiger charge is 2.87. The summed E-state index contributed by atoms with van der Waals surface area (Å²) in [5.41, 5.74) is -1.64. The molecule has 3 spiro atoms. The van der Waals surface area contributed by atoms with E-state index in [0.29, 0.717) is 11.5 Å². The smallest absolute Gasteiger partial charge is 0.330 e. The van der Waals surface area contributed by atoms with E-state index in [-0.39, 0.29) is 12.5 Å². The lowest BCUT2D eigenvalue weighted by Gasteiger charge is -2.72. The highest BCUT2D eigenvalue weighted by Crippen LogP contribution is 2.77. The summed E-state index contributed by atoms with van der Waals surface area (Å²) in [6.45, 7) is 4.03. The number of hydrogen-bond acceptors (Lipinski definition) is 8. The number of ether oxygens (including phenoxy) is 5. The zero-order valence-electron chi connectivity index (χ0n) is 20.1. The molecule has 8 nitrogen and oxygen atoms in total. The van der Waals surface area contributed by atoms with Crippen molar-refractivity contribution >= 4 is 11.9 Å². The molecule has 7 aliphatic rings. The maximum Gasteiger partial charge on any atom is 0.330 e. The Morgan fingerprint density at radius 1 is 1.09 bits per heavy atom. The molecule has 0 amide bonds. The van der Waals surface area contributed by atoms with Crippen LogP contribution in [0.2, 0.25) is 0 Å². The predicted molar refractivity (Wildman–Crippen MR) is 118 cm³/mol. The summed E-state index contributed by atoms with van der Waals surface area (Å²) in [6.07, 6.45) is 5.36. The van der Waals surface area contributed by atoms with Crippen LogP contribution in [0.4, 0.5) is 0 Å². The summed E-state index contributed by atoms with van der Waals surface area (Å²) in [6, 6.07) is 4.17. The molecule has 8 rings (SSSR count). The molecule has 0 radical (unpaired) electrons. The fraction of sp³-hybridized carbons (Fsp3) is 0.615. The summed E-state index contributed by atoms with van der Waals surface area (Å²) in [5, 5.41) is 0. The van der Waals surface area contributed by atoms with Crippen LogP contribution in [0.25, 0.3) is 0 Å². The van der Waals surface area contributed by atoms with Gasteiger partial charge in [0.15, 0.2) is 17.1 Å². The Kier molecular flexibility index (Phi) is 3.54. The SMILES string of the molecule is COc1ccc2c3c1O[C@H]1[C@@]4(OC)C=C[C@@]5(CC46C(=O)OC(C)(C)OC6=O)[C@@H](C2)N(C)CC[C@]315. The third-order valence-corrected chi connectivity index (χ3v) is 9.74. The normalized spacial score (nSPS) is 41.6. The van der Waals surface area contributed by atoms with Crippen LogP contribution in [0.1, 0.15) is 37.8 Å². The summed E-state index contributed by atoms with van der Waals surface area (Å²) in [4.78, 5) is 30.1. The predicted octanol–water partition coefficient (Wildman–Crippen LogP) is 2.12. The van der Waals surface area contributed by atoms with Crippen molar-refractivity contribution in [3.8, 4) is 11.5 Å². The van der Waals surface area contributed by atoms with Gasteiger partial charge in [0, 0.05) is 38.0 Å². The third-order valence-electron chi connectivity index (χ3n) is 9.74. The fourth-order valence-electron chi connectivity index (χ4n) is 8.49. The lowest BCUT2D eigenvalue weighted by atomic mass is 9.34. The van der Waals surface area contributed by atoms with Crippen molar-refractivity contribution in [3.63, 3.8) is 0 Å². The Hall–Kier alpha value is -2.58. The first-order chi connectivity index (χ1) is 16.1. The molecule has 4 bridgehead atoms. The summed E-state index contributed by atoms with van der Waals surface area (Å²) in [7, 11) is 5.30. The van der Waals surface area contributed by atoms with E-state index in [4.69, 9.17) is 23.7 Å². The minimum Gasteiger partial charge on any atom is -0.493 e. The van der Waals surface area contributed by atoms with E-state index in [9.17, 15) is 9.59 Å². The molecule has 180 valence electrons. The second-order valence-corrected chi connectivity index (χ2v) is 11.2. The van der Waals surface area contributed by atoms with Gasteiger partial charge in [-0.05, 0) is 44.5 Å². The molecule has 2 saturated heterocycles. The fourth-order valence-corrected chi connectivity index (χ4v) is 8.49. The quantitative estimate of drug-likeness (QED) is 0.372. The highest BCUT2D eigenvalue weighted by atomic mass is 16.7. The van der Waals surface area contributed by atoms with Gasteiger partial charge >= 0.3 is 11.9 Å². The van der Waals surface area contributed by atoms with E-state index in [1.165, 1.54) is 5.56 Å². The van der Waals surface area contributed by atoms with Gasteiger partial charge in [0.1, 0.15) is 6.10 Å². The van der Waals surface area contributed by atoms with Crippen LogP contribution in [0, 0.1) is 10.8 Å². The molecule has 0 N–H and O–H groups in total. The number of benzene rings is 1. The average molecular weight is 468 g/mol. The minimum absolute atomic E-state index is 0.0815. The van der Waals surface area contributed by atoms with E-state index in [1.807, 2.05) is 12.1 Å². The van der Waals surface area contributed by atoms with Crippen LogP contribution < -0.4 is 9.47 Å². The van der Waals surface area contributed by atoms with Crippen LogP contribution in [0.15, 0.2) is 24.3 Å². The second kappa shape index (κ2) is 5.79. The van der Waals surface area contributed by atoms with Gasteiger partial charge in [-0.15, -0.1) is 0 Å². The van der Waals surface area contributed by atoms with E-state index in [1.54, 1.807) is 28.1 Å². The Labute approximate surface area is 198 Å². The van der Waals surface area contributed by atoms with Crippen molar-refractivity contribution < 1.29 is 33.3 Å². The number of likely N-dealkylation sites (tertiary alicyclic amines) is 1. The lowest BCUT2D eigenvalue weighted by molar-refractivity contribution is -0.298. The summed E-state index contributed by atoms with van der Waals surface area (Å²) >= 11 is 0. The number of nitrogens with zero attached hydrogens (tertiary/aromatic N) is 1. The molecule has 8 heteroatoms. The van der Waals surface area contributed by atoms with Crippen molar-refractivity contribution in [1.29, 1.82) is 0 Å².